The molecule has 9 heteroatoms. The van der Waals surface area contributed by atoms with Crippen molar-refractivity contribution in [2.75, 3.05) is 49.7 Å². The third-order valence-electron chi connectivity index (χ3n) is 4.58. The fourth-order valence-electron chi connectivity index (χ4n) is 2.99. The lowest BCUT2D eigenvalue weighted by Crippen LogP contribution is -2.47. The van der Waals surface area contributed by atoms with E-state index in [-0.39, 0.29) is 0 Å². The Bertz CT molecular complexity index is 785. The molecule has 1 saturated heterocycles. The molecule has 2 aromatic rings. The number of anilines is 2. The fraction of sp³-hybridized carbons (Fsp3) is 0.526. The summed E-state index contributed by atoms with van der Waals surface area (Å²) in [5, 5.41) is 0. The predicted molar refractivity (Wildman–Crippen MR) is 109 cm³/mol. The highest BCUT2D eigenvalue weighted by Crippen LogP contribution is 2.31. The molecule has 1 aliphatic heterocycles. The van der Waals surface area contributed by atoms with Gasteiger partial charge in [-0.1, -0.05) is 0 Å². The zero-order valence-electron chi connectivity index (χ0n) is 16.7. The van der Waals surface area contributed by atoms with Crippen LogP contribution in [0.1, 0.15) is 20.8 Å². The first kappa shape index (κ1) is 20.2. The van der Waals surface area contributed by atoms with Gasteiger partial charge in [-0.2, -0.15) is 4.37 Å². The predicted octanol–water partition coefficient (Wildman–Crippen LogP) is 2.59. The van der Waals surface area contributed by atoms with Gasteiger partial charge in [0.05, 0.1) is 25.4 Å². The van der Waals surface area contributed by atoms with Gasteiger partial charge in [-0.15, -0.1) is 4.37 Å². The number of piperazine rings is 1. The summed E-state index contributed by atoms with van der Waals surface area (Å²) < 4.78 is 24.8. The van der Waals surface area contributed by atoms with Crippen LogP contribution < -0.4 is 19.3 Å². The molecule has 0 amide bonds. The second-order valence-electron chi connectivity index (χ2n) is 6.90. The van der Waals surface area contributed by atoms with Crippen LogP contribution in [-0.2, 0) is 9.53 Å². The summed E-state index contributed by atoms with van der Waals surface area (Å²) >= 11 is 1.08. The summed E-state index contributed by atoms with van der Waals surface area (Å²) in [6, 6.07) is 8.07. The molecule has 0 bridgehead atoms. The van der Waals surface area contributed by atoms with Crippen molar-refractivity contribution in [1.29, 1.82) is 0 Å². The summed E-state index contributed by atoms with van der Waals surface area (Å²) in [7, 11) is 1.67. The van der Waals surface area contributed by atoms with Gasteiger partial charge in [0, 0.05) is 31.9 Å². The van der Waals surface area contributed by atoms with Crippen molar-refractivity contribution in [3.05, 3.63) is 24.3 Å². The van der Waals surface area contributed by atoms with Gasteiger partial charge in [0.1, 0.15) is 5.75 Å². The van der Waals surface area contributed by atoms with Crippen molar-refractivity contribution in [1.82, 2.24) is 8.75 Å². The van der Waals surface area contributed by atoms with Crippen LogP contribution in [0.3, 0.4) is 0 Å². The van der Waals surface area contributed by atoms with Crippen molar-refractivity contribution in [2.45, 2.75) is 26.4 Å². The number of aromatic nitrogens is 2. The number of nitrogens with zero attached hydrogens (tertiary/aromatic N) is 4. The number of carbonyl (C=O) groups is 1. The van der Waals surface area contributed by atoms with Gasteiger partial charge in [-0.05, 0) is 45.0 Å². The zero-order chi connectivity index (χ0) is 20.1. The Morgan fingerprint density at radius 1 is 1.11 bits per heavy atom. The molecule has 0 atom stereocenters. The minimum Gasteiger partial charge on any atom is -0.497 e. The molecule has 0 spiro atoms. The smallest absolute Gasteiger partial charge is 0.349 e. The van der Waals surface area contributed by atoms with Crippen LogP contribution in [0.25, 0.3) is 0 Å². The zero-order valence-corrected chi connectivity index (χ0v) is 17.5. The van der Waals surface area contributed by atoms with Gasteiger partial charge < -0.3 is 24.0 Å². The Morgan fingerprint density at radius 2 is 1.75 bits per heavy atom. The van der Waals surface area contributed by atoms with Gasteiger partial charge in [0.15, 0.2) is 0 Å². The maximum absolute atomic E-state index is 12.1. The minimum atomic E-state index is -1.12. The largest absolute Gasteiger partial charge is 0.497 e. The van der Waals surface area contributed by atoms with Gasteiger partial charge in [0.25, 0.3) is 5.88 Å². The third kappa shape index (κ3) is 4.46. The van der Waals surface area contributed by atoms with Crippen LogP contribution in [0.4, 0.5) is 11.5 Å². The standard InChI is InChI=1S/C19H26N4O4S/c1-5-26-18(24)19(2,3)27-17-16(20-28-21-17)23-12-10-22(11-13-23)14-6-8-15(25-4)9-7-14/h6-9H,5,10-13H2,1-4H3. The number of hydrogen-bond acceptors (Lipinski definition) is 9. The first-order valence-corrected chi connectivity index (χ1v) is 10.0. The van der Waals surface area contributed by atoms with Crippen molar-refractivity contribution >= 4 is 29.2 Å². The maximum Gasteiger partial charge on any atom is 0.349 e. The van der Waals surface area contributed by atoms with E-state index in [2.05, 4.69) is 30.7 Å². The molecule has 0 radical (unpaired) electrons. The van der Waals surface area contributed by atoms with E-state index in [1.165, 1.54) is 0 Å². The van der Waals surface area contributed by atoms with E-state index >= 15 is 0 Å². The molecule has 8 nitrogen and oxygen atoms in total. The molecular formula is C19H26N4O4S. The minimum absolute atomic E-state index is 0.307. The molecule has 1 aromatic heterocycles. The Labute approximate surface area is 169 Å². The van der Waals surface area contributed by atoms with E-state index < -0.39 is 11.6 Å². The highest BCUT2D eigenvalue weighted by Gasteiger charge is 2.34. The normalized spacial score (nSPS) is 14.7. The van der Waals surface area contributed by atoms with Crippen molar-refractivity contribution < 1.29 is 19.0 Å². The Balaban J connectivity index is 1.63. The van der Waals surface area contributed by atoms with Crippen LogP contribution in [0.5, 0.6) is 11.6 Å². The van der Waals surface area contributed by atoms with Gasteiger partial charge in [-0.3, -0.25) is 0 Å². The highest BCUT2D eigenvalue weighted by atomic mass is 32.1. The Morgan fingerprint density at radius 3 is 2.36 bits per heavy atom. The van der Waals surface area contributed by atoms with Crippen molar-refractivity contribution in [3.8, 4) is 11.6 Å². The van der Waals surface area contributed by atoms with E-state index in [1.807, 2.05) is 12.1 Å². The van der Waals surface area contributed by atoms with E-state index in [4.69, 9.17) is 14.2 Å². The summed E-state index contributed by atoms with van der Waals surface area (Å²) in [6.07, 6.45) is 0. The molecule has 28 heavy (non-hydrogen) atoms. The second-order valence-corrected chi connectivity index (χ2v) is 7.43. The molecule has 0 aliphatic carbocycles. The monoisotopic (exact) mass is 406 g/mol. The van der Waals surface area contributed by atoms with Crippen molar-refractivity contribution in [2.24, 2.45) is 0 Å². The summed E-state index contributed by atoms with van der Waals surface area (Å²) in [4.78, 5) is 16.6. The molecule has 1 aromatic carbocycles. The summed E-state index contributed by atoms with van der Waals surface area (Å²) in [5.41, 5.74) is 0.0441. The molecule has 3 rings (SSSR count). The number of rotatable bonds is 7. The Kier molecular flexibility index (Phi) is 6.23. The molecule has 152 valence electrons. The van der Waals surface area contributed by atoms with E-state index in [9.17, 15) is 4.79 Å². The van der Waals surface area contributed by atoms with Gasteiger partial charge in [-0.25, -0.2) is 4.79 Å². The number of carbonyl (C=O) groups excluding carboxylic acids is 1. The van der Waals surface area contributed by atoms with E-state index in [0.29, 0.717) is 18.3 Å². The molecule has 0 N–H and O–H groups in total. The first-order valence-electron chi connectivity index (χ1n) is 9.27. The highest BCUT2D eigenvalue weighted by molar-refractivity contribution is 6.99. The van der Waals surface area contributed by atoms with Crippen LogP contribution >= 0.6 is 11.7 Å². The first-order chi connectivity index (χ1) is 13.4. The molecule has 0 unspecified atom stereocenters. The summed E-state index contributed by atoms with van der Waals surface area (Å²) in [5.74, 6) is 1.48. The number of benzene rings is 1. The lowest BCUT2D eigenvalue weighted by Gasteiger charge is -2.36. The number of methoxy groups -OCH3 is 1. The molecule has 1 aliphatic rings. The van der Waals surface area contributed by atoms with Crippen LogP contribution in [-0.4, -0.2) is 60.2 Å². The van der Waals surface area contributed by atoms with Crippen LogP contribution in [0, 0.1) is 0 Å². The maximum atomic E-state index is 12.1. The topological polar surface area (TPSA) is 77.0 Å². The molecule has 1 fully saturated rings. The third-order valence-corrected chi connectivity index (χ3v) is 5.08. The van der Waals surface area contributed by atoms with Gasteiger partial charge in [0.2, 0.25) is 11.4 Å². The molecule has 0 saturated carbocycles. The van der Waals surface area contributed by atoms with Crippen LogP contribution in [0.2, 0.25) is 0 Å². The summed E-state index contributed by atoms with van der Waals surface area (Å²) in [6.45, 7) is 8.70. The van der Waals surface area contributed by atoms with Crippen molar-refractivity contribution in [3.63, 3.8) is 0 Å². The van der Waals surface area contributed by atoms with Gasteiger partial charge >= 0.3 is 5.97 Å². The lowest BCUT2D eigenvalue weighted by molar-refractivity contribution is -0.158. The second kappa shape index (κ2) is 8.64. The quantitative estimate of drug-likeness (QED) is 0.650. The number of ether oxygens (including phenoxy) is 3. The molecular weight excluding hydrogens is 380 g/mol. The van der Waals surface area contributed by atoms with E-state index in [0.717, 1.165) is 49.3 Å². The average Bonchev–Trinajstić information content (AvgIpc) is 3.16. The van der Waals surface area contributed by atoms with Crippen LogP contribution in [0.15, 0.2) is 24.3 Å². The fourth-order valence-corrected chi connectivity index (χ4v) is 3.50. The van der Waals surface area contributed by atoms with E-state index in [1.54, 1.807) is 27.9 Å². The molecule has 2 heterocycles. The Hall–Kier alpha value is -2.55. The number of esters is 1. The average molecular weight is 407 g/mol. The lowest BCUT2D eigenvalue weighted by atomic mass is 10.1. The number of hydrogen-bond donors (Lipinski definition) is 0. The SMILES string of the molecule is CCOC(=O)C(C)(C)Oc1nsnc1N1CCN(c2ccc(OC)cc2)CC1.